The van der Waals surface area contributed by atoms with Crippen LogP contribution in [0.2, 0.25) is 0 Å². The van der Waals surface area contributed by atoms with Gasteiger partial charge in [-0.3, -0.25) is 4.79 Å². The molecule has 2 aliphatic rings. The van der Waals surface area contributed by atoms with Crippen LogP contribution in [0.25, 0.3) is 0 Å². The van der Waals surface area contributed by atoms with Crippen LogP contribution < -0.4 is 0 Å². The van der Waals surface area contributed by atoms with Gasteiger partial charge in [-0.25, -0.2) is 13.2 Å². The van der Waals surface area contributed by atoms with Gasteiger partial charge in [0.25, 0.3) is 0 Å². The number of carboxylic acids is 1. The van der Waals surface area contributed by atoms with Crippen molar-refractivity contribution in [3.8, 4) is 0 Å². The van der Waals surface area contributed by atoms with Gasteiger partial charge in [-0.1, -0.05) is 0 Å². The van der Waals surface area contributed by atoms with Crippen molar-refractivity contribution in [3.63, 3.8) is 0 Å². The van der Waals surface area contributed by atoms with Gasteiger partial charge in [0.15, 0.2) is 15.4 Å². The number of sulfone groups is 1. The number of halogens is 1. The van der Waals surface area contributed by atoms with Crippen molar-refractivity contribution in [3.05, 3.63) is 0 Å². The van der Waals surface area contributed by atoms with Crippen molar-refractivity contribution < 1.29 is 23.1 Å². The van der Waals surface area contributed by atoms with Crippen LogP contribution in [0.5, 0.6) is 0 Å². The summed E-state index contributed by atoms with van der Waals surface area (Å²) in [5.74, 6) is -2.31. The molecule has 8 heteroatoms. The number of carboxylic acid groups (broad SMARTS) is 1. The number of nitrogens with zero attached hydrogens (tertiary/aromatic N) is 1. The Bertz CT molecular complexity index is 513. The van der Waals surface area contributed by atoms with Gasteiger partial charge in [-0.2, -0.15) is 0 Å². The van der Waals surface area contributed by atoms with Crippen LogP contribution in [0.15, 0.2) is 0 Å². The highest BCUT2D eigenvalue weighted by molar-refractivity contribution is 7.94. The predicted octanol–water partition coefficient (Wildman–Crippen LogP) is -0.186. The summed E-state index contributed by atoms with van der Waals surface area (Å²) in [6, 6.07) is 0. The molecule has 1 N–H and O–H groups in total. The molecule has 17 heavy (non-hydrogen) atoms. The van der Waals surface area contributed by atoms with Crippen molar-refractivity contribution in [2.75, 3.05) is 5.88 Å². The minimum Gasteiger partial charge on any atom is -0.479 e. The summed E-state index contributed by atoms with van der Waals surface area (Å²) in [5.41, 5.74) is -1.87. The molecule has 2 heterocycles. The minimum atomic E-state index is -3.72. The number of rotatable bonds is 2. The van der Waals surface area contributed by atoms with E-state index in [1.807, 2.05) is 0 Å². The van der Waals surface area contributed by atoms with E-state index in [0.717, 1.165) is 4.90 Å². The molecule has 0 aromatic heterocycles. The second-order valence-electron chi connectivity index (χ2n) is 4.78. The van der Waals surface area contributed by atoms with E-state index >= 15 is 0 Å². The molecule has 0 radical (unpaired) electrons. The highest BCUT2D eigenvalue weighted by Gasteiger charge is 2.76. The Kier molecular flexibility index (Phi) is 2.33. The van der Waals surface area contributed by atoms with E-state index in [-0.39, 0.29) is 6.42 Å². The van der Waals surface area contributed by atoms with Crippen LogP contribution in [-0.2, 0) is 19.4 Å². The van der Waals surface area contributed by atoms with E-state index < -0.39 is 43.3 Å². The minimum absolute atomic E-state index is 0.155. The van der Waals surface area contributed by atoms with Gasteiger partial charge in [0.1, 0.15) is 10.1 Å². The van der Waals surface area contributed by atoms with Gasteiger partial charge in [-0.15, -0.1) is 11.6 Å². The fraction of sp³-hybridized carbons (Fsp3) is 0.778. The Morgan fingerprint density at radius 1 is 1.59 bits per heavy atom. The van der Waals surface area contributed by atoms with Crippen LogP contribution in [0.1, 0.15) is 20.3 Å². The first kappa shape index (κ1) is 12.6. The average molecular weight is 282 g/mol. The fourth-order valence-electron chi connectivity index (χ4n) is 2.60. The molecule has 1 amide bonds. The summed E-state index contributed by atoms with van der Waals surface area (Å²) in [6.45, 7) is 2.62. The monoisotopic (exact) mass is 281 g/mol. The topological polar surface area (TPSA) is 91.8 Å². The van der Waals surface area contributed by atoms with E-state index in [1.54, 1.807) is 0 Å². The molecule has 0 bridgehead atoms. The Balaban J connectivity index is 2.74. The third-order valence-electron chi connectivity index (χ3n) is 3.93. The molecule has 2 rings (SSSR count). The van der Waals surface area contributed by atoms with E-state index in [1.165, 1.54) is 13.8 Å². The highest BCUT2D eigenvalue weighted by atomic mass is 35.5. The third-order valence-corrected chi connectivity index (χ3v) is 7.17. The van der Waals surface area contributed by atoms with Gasteiger partial charge in [-0.05, 0) is 13.8 Å². The van der Waals surface area contributed by atoms with Crippen molar-refractivity contribution in [1.82, 2.24) is 4.90 Å². The van der Waals surface area contributed by atoms with Crippen molar-refractivity contribution in [2.45, 2.75) is 35.9 Å². The lowest BCUT2D eigenvalue weighted by molar-refractivity contribution is -0.166. The summed E-state index contributed by atoms with van der Waals surface area (Å²) >= 11 is 5.69. The Hall–Kier alpha value is -0.820. The van der Waals surface area contributed by atoms with E-state index in [9.17, 15) is 23.1 Å². The number of alkyl halides is 1. The van der Waals surface area contributed by atoms with Crippen LogP contribution in [0.3, 0.4) is 0 Å². The second kappa shape index (κ2) is 3.14. The molecule has 0 saturated carbocycles. The predicted molar refractivity (Wildman–Crippen MR) is 59.3 cm³/mol. The first-order chi connectivity index (χ1) is 7.64. The molecule has 2 aliphatic heterocycles. The molecule has 2 atom stereocenters. The number of amides is 1. The van der Waals surface area contributed by atoms with Crippen LogP contribution >= 0.6 is 11.6 Å². The number of hydrogen-bond donors (Lipinski definition) is 1. The van der Waals surface area contributed by atoms with Gasteiger partial charge >= 0.3 is 5.97 Å². The Labute approximate surface area is 103 Å². The second-order valence-corrected chi connectivity index (χ2v) is 7.70. The number of carbonyl (C=O) groups is 2. The summed E-state index contributed by atoms with van der Waals surface area (Å²) < 4.78 is 22.8. The van der Waals surface area contributed by atoms with Crippen LogP contribution in [0.4, 0.5) is 0 Å². The smallest absolute Gasteiger partial charge is 0.332 e. The van der Waals surface area contributed by atoms with E-state index in [4.69, 9.17) is 11.6 Å². The molecule has 2 saturated heterocycles. The normalized spacial score (nSPS) is 37.5. The Morgan fingerprint density at radius 3 is 2.41 bits per heavy atom. The van der Waals surface area contributed by atoms with Gasteiger partial charge in [0, 0.05) is 0 Å². The fourth-order valence-corrected chi connectivity index (χ4v) is 5.61. The van der Waals surface area contributed by atoms with Crippen LogP contribution in [-0.4, -0.2) is 51.8 Å². The first-order valence-electron chi connectivity index (χ1n) is 4.99. The number of β-lactam (4-membered cyclic amide) rings is 1. The number of aliphatic carboxylic acids is 1. The standard InChI is InChI=1S/C9H12ClNO5S/c1-8(2)9(4-10,7(13)14)11-5(12)3-6(11)17(8,15)16/h6H,3-4H2,1-2H3,(H,13,14)/t6-,9+/m1/s1. The molecule has 0 aliphatic carbocycles. The zero-order valence-electron chi connectivity index (χ0n) is 9.31. The largest absolute Gasteiger partial charge is 0.479 e. The zero-order chi connectivity index (χ0) is 13.2. The zero-order valence-corrected chi connectivity index (χ0v) is 10.9. The van der Waals surface area contributed by atoms with Crippen LogP contribution in [0, 0.1) is 0 Å². The lowest BCUT2D eigenvalue weighted by Gasteiger charge is -2.43. The van der Waals surface area contributed by atoms with Gasteiger partial charge < -0.3 is 10.0 Å². The summed E-state index contributed by atoms with van der Waals surface area (Å²) in [4.78, 5) is 23.9. The summed E-state index contributed by atoms with van der Waals surface area (Å²) in [6.07, 6.45) is -0.155. The maximum atomic E-state index is 12.2. The van der Waals surface area contributed by atoms with E-state index in [0.29, 0.717) is 0 Å². The van der Waals surface area contributed by atoms with E-state index in [2.05, 4.69) is 0 Å². The molecule has 6 nitrogen and oxygen atoms in total. The van der Waals surface area contributed by atoms with Crippen molar-refractivity contribution in [2.24, 2.45) is 0 Å². The first-order valence-corrected chi connectivity index (χ1v) is 7.07. The lowest BCUT2D eigenvalue weighted by Crippen LogP contribution is -2.68. The maximum absolute atomic E-state index is 12.2. The molecule has 96 valence electrons. The summed E-state index contributed by atoms with van der Waals surface area (Å²) in [7, 11) is -3.72. The van der Waals surface area contributed by atoms with Gasteiger partial charge in [0.2, 0.25) is 5.91 Å². The molecule has 0 spiro atoms. The highest BCUT2D eigenvalue weighted by Crippen LogP contribution is 2.52. The number of hydrogen-bond acceptors (Lipinski definition) is 4. The molecule has 0 aromatic rings. The number of fused-ring (bicyclic) bond motifs is 1. The molecular weight excluding hydrogens is 270 g/mol. The number of carbonyl (C=O) groups excluding carboxylic acids is 1. The van der Waals surface area contributed by atoms with Crippen molar-refractivity contribution in [1.29, 1.82) is 0 Å². The summed E-state index contributed by atoms with van der Waals surface area (Å²) in [5, 5.41) is 8.29. The average Bonchev–Trinajstić information content (AvgIpc) is 2.30. The molecule has 0 unspecified atom stereocenters. The molecular formula is C9H12ClNO5S. The SMILES string of the molecule is CC1(C)[C@](CCl)(C(=O)O)N2C(=O)C[C@H]2S1(=O)=O. The molecule has 2 fully saturated rings. The maximum Gasteiger partial charge on any atom is 0.332 e. The quantitative estimate of drug-likeness (QED) is 0.560. The molecule has 0 aromatic carbocycles. The van der Waals surface area contributed by atoms with Gasteiger partial charge in [0.05, 0.1) is 12.3 Å². The Morgan fingerprint density at radius 2 is 2.12 bits per heavy atom. The van der Waals surface area contributed by atoms with Crippen molar-refractivity contribution >= 4 is 33.3 Å². The lowest BCUT2D eigenvalue weighted by atomic mass is 9.83. The third kappa shape index (κ3) is 1.05.